The Morgan fingerprint density at radius 3 is 2.57 bits per heavy atom. The Hall–Kier alpha value is -1.17. The highest BCUT2D eigenvalue weighted by Crippen LogP contribution is 2.64. The zero-order valence-corrected chi connectivity index (χ0v) is 13.3. The second kappa shape index (κ2) is 4.93. The molecule has 1 aliphatic rings. The summed E-state index contributed by atoms with van der Waals surface area (Å²) in [5, 5.41) is 4.99. The minimum atomic E-state index is -1.01. The molecule has 1 aromatic carbocycles. The van der Waals surface area contributed by atoms with Gasteiger partial charge in [-0.2, -0.15) is 0 Å². The molecule has 1 aromatic heterocycles. The van der Waals surface area contributed by atoms with Crippen LogP contribution >= 0.6 is 34.5 Å². The van der Waals surface area contributed by atoms with E-state index in [0.29, 0.717) is 17.2 Å². The van der Waals surface area contributed by atoms with E-state index in [1.807, 2.05) is 0 Å². The lowest BCUT2D eigenvalue weighted by molar-refractivity contribution is -0.120. The van der Waals surface area contributed by atoms with Gasteiger partial charge in [-0.25, -0.2) is 9.37 Å². The van der Waals surface area contributed by atoms with Crippen LogP contribution in [0.3, 0.4) is 0 Å². The minimum absolute atomic E-state index is 0.243. The fraction of sp³-hybridized carbons (Fsp3) is 0.286. The van der Waals surface area contributed by atoms with Crippen molar-refractivity contribution in [2.75, 3.05) is 5.32 Å². The van der Waals surface area contributed by atoms with Gasteiger partial charge in [0.2, 0.25) is 5.91 Å². The Morgan fingerprint density at radius 2 is 2.00 bits per heavy atom. The summed E-state index contributed by atoms with van der Waals surface area (Å²) in [7, 11) is 0. The minimum Gasteiger partial charge on any atom is -0.301 e. The van der Waals surface area contributed by atoms with E-state index in [9.17, 15) is 9.18 Å². The molecule has 1 saturated carbocycles. The van der Waals surface area contributed by atoms with Crippen molar-refractivity contribution in [3.05, 3.63) is 35.5 Å². The number of amides is 1. The third kappa shape index (κ3) is 2.65. The molecule has 3 nitrogen and oxygen atoms in total. The molecule has 1 N–H and O–H groups in total. The number of halogens is 3. The largest absolute Gasteiger partial charge is 0.301 e. The number of anilines is 1. The number of rotatable bonds is 3. The number of nitrogens with zero attached hydrogens (tertiary/aromatic N) is 1. The molecular formula is C14H11Cl2FN2OS. The van der Waals surface area contributed by atoms with E-state index in [1.54, 1.807) is 24.4 Å². The first-order valence-corrected chi connectivity index (χ1v) is 7.86. The van der Waals surface area contributed by atoms with Gasteiger partial charge >= 0.3 is 0 Å². The van der Waals surface area contributed by atoms with Gasteiger partial charge in [0.1, 0.15) is 10.2 Å². The van der Waals surface area contributed by atoms with Crippen LogP contribution in [-0.2, 0) is 4.79 Å². The molecule has 0 bridgehead atoms. The van der Waals surface area contributed by atoms with Crippen molar-refractivity contribution in [1.29, 1.82) is 0 Å². The first kappa shape index (κ1) is 14.8. The summed E-state index contributed by atoms with van der Waals surface area (Å²) in [5.41, 5.74) is 0.687. The Kier molecular flexibility index (Phi) is 3.47. The van der Waals surface area contributed by atoms with Crippen LogP contribution in [0.15, 0.2) is 29.6 Å². The fourth-order valence-corrected chi connectivity index (χ4v) is 3.39. The SMILES string of the molecule is CC1(C(=O)Nc2nc(-c3ccc(F)cc3)cs2)CC1(Cl)Cl. The zero-order chi connectivity index (χ0) is 15.3. The highest BCUT2D eigenvalue weighted by atomic mass is 35.5. The van der Waals surface area contributed by atoms with Gasteiger partial charge < -0.3 is 5.32 Å². The number of hydrogen-bond acceptors (Lipinski definition) is 3. The monoisotopic (exact) mass is 344 g/mol. The molecule has 0 radical (unpaired) electrons. The van der Waals surface area contributed by atoms with Gasteiger partial charge in [-0.3, -0.25) is 4.79 Å². The lowest BCUT2D eigenvalue weighted by atomic mass is 10.1. The van der Waals surface area contributed by atoms with E-state index in [0.717, 1.165) is 5.56 Å². The summed E-state index contributed by atoms with van der Waals surface area (Å²) in [4.78, 5) is 16.5. The average Bonchev–Trinajstić information content (AvgIpc) is 2.76. The van der Waals surface area contributed by atoms with E-state index in [-0.39, 0.29) is 11.7 Å². The second-order valence-corrected chi connectivity index (χ2v) is 7.55. The topological polar surface area (TPSA) is 42.0 Å². The predicted octanol–water partition coefficient (Wildman–Crippen LogP) is 4.47. The zero-order valence-electron chi connectivity index (χ0n) is 11.0. The van der Waals surface area contributed by atoms with Crippen LogP contribution in [0.5, 0.6) is 0 Å². The fourth-order valence-electron chi connectivity index (χ4n) is 1.97. The second-order valence-electron chi connectivity index (χ2n) is 5.21. The number of hydrogen-bond donors (Lipinski definition) is 1. The summed E-state index contributed by atoms with van der Waals surface area (Å²) in [6.45, 7) is 1.72. The first-order valence-electron chi connectivity index (χ1n) is 6.23. The molecule has 3 rings (SSSR count). The Labute approximate surface area is 135 Å². The van der Waals surface area contributed by atoms with E-state index in [2.05, 4.69) is 10.3 Å². The van der Waals surface area contributed by atoms with Crippen molar-refractivity contribution in [2.45, 2.75) is 17.7 Å². The molecule has 110 valence electrons. The van der Waals surface area contributed by atoms with Gasteiger partial charge in [0, 0.05) is 10.9 Å². The number of alkyl halides is 2. The van der Waals surface area contributed by atoms with Crippen LogP contribution in [0.4, 0.5) is 9.52 Å². The van der Waals surface area contributed by atoms with Crippen LogP contribution in [0.1, 0.15) is 13.3 Å². The van der Waals surface area contributed by atoms with E-state index < -0.39 is 9.75 Å². The molecule has 21 heavy (non-hydrogen) atoms. The molecule has 1 heterocycles. The third-order valence-corrected chi connectivity index (χ3v) is 5.48. The number of nitrogens with one attached hydrogen (secondary N) is 1. The van der Waals surface area contributed by atoms with Crippen molar-refractivity contribution in [2.24, 2.45) is 5.41 Å². The van der Waals surface area contributed by atoms with Crippen LogP contribution in [-0.4, -0.2) is 15.2 Å². The molecule has 0 aliphatic heterocycles. The Bertz CT molecular complexity index is 701. The van der Waals surface area contributed by atoms with Crippen LogP contribution < -0.4 is 5.32 Å². The van der Waals surface area contributed by atoms with Crippen molar-refractivity contribution in [3.8, 4) is 11.3 Å². The van der Waals surface area contributed by atoms with Crippen molar-refractivity contribution >= 4 is 45.6 Å². The summed E-state index contributed by atoms with van der Waals surface area (Å²) in [6.07, 6.45) is 0.422. The van der Waals surface area contributed by atoms with Crippen molar-refractivity contribution in [1.82, 2.24) is 4.98 Å². The Morgan fingerprint density at radius 1 is 1.38 bits per heavy atom. The van der Waals surface area contributed by atoms with Crippen molar-refractivity contribution < 1.29 is 9.18 Å². The molecule has 2 aromatic rings. The van der Waals surface area contributed by atoms with Gasteiger partial charge in [-0.1, -0.05) is 0 Å². The number of carbonyl (C=O) groups excluding carboxylic acids is 1. The molecule has 1 atom stereocenters. The molecule has 7 heteroatoms. The molecule has 1 unspecified atom stereocenters. The first-order chi connectivity index (χ1) is 9.82. The van der Waals surface area contributed by atoms with Gasteiger partial charge in [-0.05, 0) is 37.6 Å². The maximum atomic E-state index is 12.9. The summed E-state index contributed by atoms with van der Waals surface area (Å²) < 4.78 is 11.9. The van der Waals surface area contributed by atoms with Gasteiger partial charge in [0.25, 0.3) is 0 Å². The number of benzene rings is 1. The van der Waals surface area contributed by atoms with Gasteiger partial charge in [0.15, 0.2) is 5.13 Å². The van der Waals surface area contributed by atoms with E-state index in [1.165, 1.54) is 23.5 Å². The van der Waals surface area contributed by atoms with Crippen LogP contribution in [0.2, 0.25) is 0 Å². The maximum Gasteiger partial charge on any atom is 0.235 e. The molecular weight excluding hydrogens is 334 g/mol. The standard InChI is InChI=1S/C14H11Cl2FN2OS/c1-13(7-14(13,15)16)11(20)19-12-18-10(6-21-12)8-2-4-9(17)5-3-8/h2-6H,7H2,1H3,(H,18,19,20). The highest BCUT2D eigenvalue weighted by Gasteiger charge is 2.68. The summed E-state index contributed by atoms with van der Waals surface area (Å²) >= 11 is 13.3. The average molecular weight is 345 g/mol. The summed E-state index contributed by atoms with van der Waals surface area (Å²) in [5.74, 6) is -0.544. The normalized spacial score (nSPS) is 22.9. The predicted molar refractivity (Wildman–Crippen MR) is 83.3 cm³/mol. The number of aromatic nitrogens is 1. The lowest BCUT2D eigenvalue weighted by Gasteiger charge is -2.10. The van der Waals surface area contributed by atoms with E-state index in [4.69, 9.17) is 23.2 Å². The maximum absolute atomic E-state index is 12.9. The Balaban J connectivity index is 1.74. The molecule has 0 saturated heterocycles. The van der Waals surface area contributed by atoms with Gasteiger partial charge in [0.05, 0.1) is 11.1 Å². The molecule has 1 aliphatic carbocycles. The highest BCUT2D eigenvalue weighted by molar-refractivity contribution is 7.14. The van der Waals surface area contributed by atoms with E-state index >= 15 is 0 Å². The third-order valence-electron chi connectivity index (χ3n) is 3.62. The summed E-state index contributed by atoms with van der Waals surface area (Å²) in [6, 6.07) is 6.02. The van der Waals surface area contributed by atoms with Crippen LogP contribution in [0, 0.1) is 11.2 Å². The molecule has 1 fully saturated rings. The van der Waals surface area contributed by atoms with Crippen molar-refractivity contribution in [3.63, 3.8) is 0 Å². The smallest absolute Gasteiger partial charge is 0.235 e. The molecule has 0 spiro atoms. The van der Waals surface area contributed by atoms with Gasteiger partial charge in [-0.15, -0.1) is 34.5 Å². The number of thiazole rings is 1. The quantitative estimate of drug-likeness (QED) is 0.834. The number of carbonyl (C=O) groups is 1. The molecule has 1 amide bonds. The van der Waals surface area contributed by atoms with Crippen LogP contribution in [0.25, 0.3) is 11.3 Å². The lowest BCUT2D eigenvalue weighted by Crippen LogP contribution is -2.25.